The van der Waals surface area contributed by atoms with Crippen LogP contribution in [0.5, 0.6) is 0 Å². The smallest absolute Gasteiger partial charge is 0.303 e. The molecular formula is C32H50O5. The van der Waals surface area contributed by atoms with Crippen molar-refractivity contribution in [3.8, 4) is 0 Å². The van der Waals surface area contributed by atoms with Crippen LogP contribution in [0.25, 0.3) is 0 Å². The van der Waals surface area contributed by atoms with Crippen molar-refractivity contribution in [1.82, 2.24) is 0 Å². The van der Waals surface area contributed by atoms with Gasteiger partial charge < -0.3 is 14.9 Å². The van der Waals surface area contributed by atoms with Gasteiger partial charge in [0.15, 0.2) is 0 Å². The second kappa shape index (κ2) is 7.93. The van der Waals surface area contributed by atoms with Crippen LogP contribution in [0.2, 0.25) is 0 Å². The maximum atomic E-state index is 13.0. The molecule has 0 aromatic rings. The van der Waals surface area contributed by atoms with E-state index < -0.39 is 28.6 Å². The van der Waals surface area contributed by atoms with Crippen LogP contribution < -0.4 is 0 Å². The van der Waals surface area contributed by atoms with Gasteiger partial charge in [-0.1, -0.05) is 67.0 Å². The van der Waals surface area contributed by atoms with Crippen molar-refractivity contribution in [1.29, 1.82) is 0 Å². The quantitative estimate of drug-likeness (QED) is 0.356. The molecule has 0 radical (unpaired) electrons. The Morgan fingerprint density at radius 2 is 1.68 bits per heavy atom. The molecule has 0 aliphatic heterocycles. The Bertz CT molecular complexity index is 1040. The first-order chi connectivity index (χ1) is 16.9. The summed E-state index contributed by atoms with van der Waals surface area (Å²) in [6, 6.07) is 0. The fourth-order valence-electron chi connectivity index (χ4n) is 11.3. The number of hydrogen-bond acceptors (Lipinski definition) is 5. The number of carbonyl (C=O) groups excluding carboxylic acids is 2. The fraction of sp³-hybridized carbons (Fsp3) is 0.875. The summed E-state index contributed by atoms with van der Waals surface area (Å²) in [6.45, 7) is 19.2. The van der Waals surface area contributed by atoms with Crippen molar-refractivity contribution in [2.24, 2.45) is 50.7 Å². The number of Topliss-reactive ketones (excluding diaryl/α,β-unsaturated/α-hetero) is 1. The maximum Gasteiger partial charge on any atom is 0.303 e. The second-order valence-electron chi connectivity index (χ2n) is 15.3. The van der Waals surface area contributed by atoms with Gasteiger partial charge in [-0.3, -0.25) is 9.59 Å². The highest BCUT2D eigenvalue weighted by atomic mass is 16.6. The minimum absolute atomic E-state index is 0.0334. The van der Waals surface area contributed by atoms with Crippen LogP contribution in [-0.4, -0.2) is 39.8 Å². The van der Waals surface area contributed by atoms with Crippen LogP contribution in [-0.2, 0) is 14.3 Å². The normalized spacial score (nSPS) is 52.5. The van der Waals surface area contributed by atoms with Crippen molar-refractivity contribution >= 4 is 11.8 Å². The Labute approximate surface area is 223 Å². The second-order valence-corrected chi connectivity index (χ2v) is 15.3. The third-order valence-corrected chi connectivity index (χ3v) is 13.7. The Morgan fingerprint density at radius 3 is 2.27 bits per heavy atom. The lowest BCUT2D eigenvalue weighted by Crippen LogP contribution is -2.72. The average Bonchev–Trinajstić information content (AvgIpc) is 3.02. The van der Waals surface area contributed by atoms with E-state index in [-0.39, 0.29) is 45.9 Å². The summed E-state index contributed by atoms with van der Waals surface area (Å²) in [5.74, 6) is 0.500. The van der Waals surface area contributed by atoms with Crippen LogP contribution in [0.4, 0.5) is 0 Å². The number of ether oxygens (including phenoxy) is 1. The summed E-state index contributed by atoms with van der Waals surface area (Å²) in [5, 5.41) is 23.8. The molecule has 0 unspecified atom stereocenters. The van der Waals surface area contributed by atoms with Crippen molar-refractivity contribution in [3.63, 3.8) is 0 Å². The highest BCUT2D eigenvalue weighted by Gasteiger charge is 2.79. The summed E-state index contributed by atoms with van der Waals surface area (Å²) in [6.07, 6.45) is 6.28. The molecule has 37 heavy (non-hydrogen) atoms. The van der Waals surface area contributed by atoms with E-state index in [9.17, 15) is 19.8 Å². The van der Waals surface area contributed by atoms with E-state index in [2.05, 4.69) is 61.5 Å². The molecule has 0 heterocycles. The molecule has 10 atom stereocenters. The summed E-state index contributed by atoms with van der Waals surface area (Å²) in [5.41, 5.74) is -1.25. The number of carbonyl (C=O) groups is 2. The van der Waals surface area contributed by atoms with E-state index >= 15 is 0 Å². The van der Waals surface area contributed by atoms with Gasteiger partial charge in [0, 0.05) is 36.0 Å². The molecule has 5 heteroatoms. The first-order valence-corrected chi connectivity index (χ1v) is 14.7. The summed E-state index contributed by atoms with van der Waals surface area (Å²) >= 11 is 0. The lowest BCUT2D eigenvalue weighted by atomic mass is 9.33. The number of hydrogen-bond donors (Lipinski definition) is 2. The van der Waals surface area contributed by atoms with E-state index in [1.54, 1.807) is 0 Å². The lowest BCUT2D eigenvalue weighted by molar-refractivity contribution is -0.277. The molecule has 0 aromatic carbocycles. The minimum Gasteiger partial charge on any atom is -0.458 e. The van der Waals surface area contributed by atoms with E-state index in [1.807, 2.05) is 0 Å². The van der Waals surface area contributed by atoms with Crippen molar-refractivity contribution < 1.29 is 24.5 Å². The Balaban J connectivity index is 1.68. The van der Waals surface area contributed by atoms with E-state index in [1.165, 1.54) is 12.5 Å². The van der Waals surface area contributed by atoms with Gasteiger partial charge in [-0.05, 0) is 66.6 Å². The van der Waals surface area contributed by atoms with Gasteiger partial charge in [-0.25, -0.2) is 0 Å². The zero-order chi connectivity index (χ0) is 27.6. The van der Waals surface area contributed by atoms with Gasteiger partial charge in [-0.2, -0.15) is 0 Å². The molecule has 0 amide bonds. The zero-order valence-corrected chi connectivity index (χ0v) is 24.6. The maximum absolute atomic E-state index is 13.0. The summed E-state index contributed by atoms with van der Waals surface area (Å²) < 4.78 is 6.40. The van der Waals surface area contributed by atoms with Crippen molar-refractivity contribution in [3.05, 3.63) is 11.6 Å². The topological polar surface area (TPSA) is 83.8 Å². The molecule has 0 aromatic heterocycles. The minimum atomic E-state index is -0.725. The highest BCUT2D eigenvalue weighted by Crippen LogP contribution is 2.78. The average molecular weight is 515 g/mol. The van der Waals surface area contributed by atoms with Crippen LogP contribution in [0.1, 0.15) is 107 Å². The summed E-state index contributed by atoms with van der Waals surface area (Å²) in [4.78, 5) is 25.6. The van der Waals surface area contributed by atoms with Gasteiger partial charge in [0.2, 0.25) is 0 Å². The number of esters is 1. The van der Waals surface area contributed by atoms with E-state index in [0.717, 1.165) is 19.3 Å². The molecule has 208 valence electrons. The molecular weight excluding hydrogens is 464 g/mol. The first-order valence-electron chi connectivity index (χ1n) is 14.7. The number of aliphatic hydroxyl groups is 2. The molecule has 0 spiro atoms. The Kier molecular flexibility index (Phi) is 5.87. The summed E-state index contributed by atoms with van der Waals surface area (Å²) in [7, 11) is 0. The van der Waals surface area contributed by atoms with Crippen LogP contribution in [0, 0.1) is 50.7 Å². The molecule has 5 aliphatic carbocycles. The number of ketones is 1. The van der Waals surface area contributed by atoms with Crippen LogP contribution >= 0.6 is 0 Å². The molecule has 0 bridgehead atoms. The van der Waals surface area contributed by atoms with Crippen molar-refractivity contribution in [2.75, 3.05) is 0 Å². The van der Waals surface area contributed by atoms with Gasteiger partial charge >= 0.3 is 5.97 Å². The standard InChI is InChI=1S/C32H50O5/c1-18(2)21-16-25(36)31(9)30(8)13-10-20-26(29(30,7)14-15-32(21,31)37-19(3)33)22(34)17-23-27(4,5)24(35)11-12-28(20,23)6/h10,18,21-23,25-26,34,36H,11-17H2,1-9H3/t21-,22-,23+,25+,26-,28+,29-,30-,31+,32+/m0/s1. The molecule has 2 N–H and O–H groups in total. The Morgan fingerprint density at radius 1 is 1.03 bits per heavy atom. The Hall–Kier alpha value is -1.20. The number of rotatable bonds is 2. The third kappa shape index (κ3) is 3.00. The molecule has 5 aliphatic rings. The highest BCUT2D eigenvalue weighted by molar-refractivity contribution is 5.85. The molecule has 4 saturated carbocycles. The third-order valence-electron chi connectivity index (χ3n) is 13.7. The largest absolute Gasteiger partial charge is 0.458 e. The van der Waals surface area contributed by atoms with E-state index in [0.29, 0.717) is 31.5 Å². The number of fused-ring (bicyclic) bond motifs is 7. The molecule has 0 saturated heterocycles. The van der Waals surface area contributed by atoms with E-state index in [4.69, 9.17) is 4.74 Å². The van der Waals surface area contributed by atoms with Gasteiger partial charge in [0.25, 0.3) is 0 Å². The fourth-order valence-corrected chi connectivity index (χ4v) is 11.3. The van der Waals surface area contributed by atoms with Gasteiger partial charge in [0.1, 0.15) is 11.4 Å². The van der Waals surface area contributed by atoms with Crippen LogP contribution in [0.3, 0.4) is 0 Å². The number of aliphatic hydroxyl groups excluding tert-OH is 2. The van der Waals surface area contributed by atoms with Gasteiger partial charge in [0.05, 0.1) is 12.2 Å². The molecule has 4 fully saturated rings. The zero-order valence-electron chi connectivity index (χ0n) is 24.6. The molecule has 5 rings (SSSR count). The van der Waals surface area contributed by atoms with Crippen LogP contribution in [0.15, 0.2) is 11.6 Å². The monoisotopic (exact) mass is 514 g/mol. The van der Waals surface area contributed by atoms with Crippen molar-refractivity contribution in [2.45, 2.75) is 125 Å². The molecule has 5 nitrogen and oxygen atoms in total. The van der Waals surface area contributed by atoms with Gasteiger partial charge in [-0.15, -0.1) is 0 Å². The lowest BCUT2D eigenvalue weighted by Gasteiger charge is -2.72. The predicted molar refractivity (Wildman–Crippen MR) is 143 cm³/mol. The predicted octanol–water partition coefficient (Wildman–Crippen LogP) is 5.86. The number of allylic oxidation sites excluding steroid dienone is 1. The SMILES string of the molecule is CC(=O)O[C@@]12CC[C@@]3(C)[C@H]4C(=CC[C@]3(C)[C@@]1(C)[C@H](O)C[C@H]2C(C)C)[C@@]1(C)CCC(=O)C(C)(C)[C@H]1C[C@@H]4O. The first kappa shape index (κ1) is 27.4.